The van der Waals surface area contributed by atoms with E-state index in [1.54, 1.807) is 6.08 Å². The molecule has 0 radical (unpaired) electrons. The van der Waals surface area contributed by atoms with Gasteiger partial charge in [-0.25, -0.2) is 4.79 Å². The average Bonchev–Trinajstić information content (AvgIpc) is 2.13. The van der Waals surface area contributed by atoms with Gasteiger partial charge >= 0.3 is 11.7 Å². The number of aromatic nitrogens is 1. The van der Waals surface area contributed by atoms with E-state index in [1.807, 2.05) is 0 Å². The fourth-order valence-electron chi connectivity index (χ4n) is 0.634. The molecule has 0 aliphatic carbocycles. The second-order valence-corrected chi connectivity index (χ2v) is 1.79. The van der Waals surface area contributed by atoms with Gasteiger partial charge in [0.05, 0.1) is 0 Å². The molecule has 0 spiro atoms. The summed E-state index contributed by atoms with van der Waals surface area (Å²) in [4.78, 5) is 12.7. The van der Waals surface area contributed by atoms with Gasteiger partial charge in [0.25, 0.3) is 0 Å². The van der Waals surface area contributed by atoms with Gasteiger partial charge in [0, 0.05) is 6.42 Å². The molecule has 0 saturated heterocycles. The molecule has 0 aliphatic rings. The van der Waals surface area contributed by atoms with E-state index in [-0.39, 0.29) is 5.95 Å². The number of aromatic amines is 1. The fourth-order valence-corrected chi connectivity index (χ4v) is 0.634. The van der Waals surface area contributed by atoms with Crippen molar-refractivity contribution in [1.29, 1.82) is 0 Å². The lowest BCUT2D eigenvalue weighted by Crippen LogP contribution is -1.95. The second kappa shape index (κ2) is 2.43. The zero-order valence-electron chi connectivity index (χ0n) is 5.26. The minimum absolute atomic E-state index is 0.357. The third-order valence-electron chi connectivity index (χ3n) is 1.05. The summed E-state index contributed by atoms with van der Waals surface area (Å²) in [5.41, 5.74) is 0.361. The van der Waals surface area contributed by atoms with Crippen LogP contribution in [0.5, 0.6) is 5.95 Å². The Morgan fingerprint density at radius 3 is 2.90 bits per heavy atom. The summed E-state index contributed by atoms with van der Waals surface area (Å²) >= 11 is 0. The molecular formula is C6H7NO3. The van der Waals surface area contributed by atoms with Crippen LogP contribution in [0.2, 0.25) is 0 Å². The van der Waals surface area contributed by atoms with Gasteiger partial charge in [-0.15, -0.1) is 6.58 Å². The molecule has 10 heavy (non-hydrogen) atoms. The number of rotatable bonds is 2. The van der Waals surface area contributed by atoms with Crippen molar-refractivity contribution in [2.45, 2.75) is 6.42 Å². The Kier molecular flexibility index (Phi) is 1.62. The van der Waals surface area contributed by atoms with E-state index in [0.29, 0.717) is 12.1 Å². The first-order valence-electron chi connectivity index (χ1n) is 2.76. The molecule has 2 N–H and O–H groups in total. The lowest BCUT2D eigenvalue weighted by atomic mass is 10.3. The molecule has 1 aromatic heterocycles. The van der Waals surface area contributed by atoms with Crippen LogP contribution in [0, 0.1) is 0 Å². The van der Waals surface area contributed by atoms with Crippen LogP contribution in [-0.2, 0) is 6.42 Å². The van der Waals surface area contributed by atoms with Crippen molar-refractivity contribution < 1.29 is 9.52 Å². The highest BCUT2D eigenvalue weighted by Crippen LogP contribution is 2.10. The summed E-state index contributed by atoms with van der Waals surface area (Å²) in [5, 5.41) is 8.82. The summed E-state index contributed by atoms with van der Waals surface area (Å²) in [6, 6.07) is 0. The van der Waals surface area contributed by atoms with Crippen LogP contribution in [0.1, 0.15) is 5.69 Å². The molecule has 4 nitrogen and oxygen atoms in total. The first kappa shape index (κ1) is 6.67. The van der Waals surface area contributed by atoms with Crippen LogP contribution < -0.4 is 5.76 Å². The number of oxazole rings is 1. The van der Waals surface area contributed by atoms with E-state index >= 15 is 0 Å². The summed E-state index contributed by atoms with van der Waals surface area (Å²) in [5.74, 6) is -1.00. The molecule has 0 fully saturated rings. The van der Waals surface area contributed by atoms with E-state index in [0.717, 1.165) is 0 Å². The number of hydrogen-bond acceptors (Lipinski definition) is 3. The summed E-state index contributed by atoms with van der Waals surface area (Å²) in [6.45, 7) is 3.43. The summed E-state index contributed by atoms with van der Waals surface area (Å²) in [6.07, 6.45) is 1.96. The highest BCUT2D eigenvalue weighted by molar-refractivity contribution is 5.14. The molecule has 0 bridgehead atoms. The molecule has 1 heterocycles. The zero-order valence-corrected chi connectivity index (χ0v) is 5.26. The topological polar surface area (TPSA) is 66.2 Å². The Balaban J connectivity index is 3.02. The smallest absolute Gasteiger partial charge is 0.419 e. The van der Waals surface area contributed by atoms with Gasteiger partial charge < -0.3 is 9.52 Å². The quantitative estimate of drug-likeness (QED) is 0.586. The summed E-state index contributed by atoms with van der Waals surface area (Å²) in [7, 11) is 0. The molecule has 0 aromatic carbocycles. The largest absolute Gasteiger partial charge is 0.479 e. The maximum Gasteiger partial charge on any atom is 0.419 e. The monoisotopic (exact) mass is 141 g/mol. The fraction of sp³-hybridized carbons (Fsp3) is 0.167. The van der Waals surface area contributed by atoms with Crippen molar-refractivity contribution in [3.8, 4) is 5.95 Å². The van der Waals surface area contributed by atoms with Crippen molar-refractivity contribution in [2.24, 2.45) is 0 Å². The van der Waals surface area contributed by atoms with E-state index < -0.39 is 5.76 Å². The molecule has 0 amide bonds. The summed E-state index contributed by atoms with van der Waals surface area (Å²) < 4.78 is 4.26. The Bertz CT molecular complexity index is 283. The van der Waals surface area contributed by atoms with Crippen LogP contribution >= 0.6 is 0 Å². The minimum Gasteiger partial charge on any atom is -0.479 e. The Morgan fingerprint density at radius 2 is 2.50 bits per heavy atom. The molecule has 0 aliphatic heterocycles. The van der Waals surface area contributed by atoms with Crippen molar-refractivity contribution in [3.05, 3.63) is 28.9 Å². The highest BCUT2D eigenvalue weighted by atomic mass is 16.5. The maximum absolute atomic E-state index is 10.4. The Morgan fingerprint density at radius 1 is 1.80 bits per heavy atom. The molecule has 0 atom stereocenters. The van der Waals surface area contributed by atoms with Gasteiger partial charge in [-0.2, -0.15) is 0 Å². The van der Waals surface area contributed by atoms with E-state index in [4.69, 9.17) is 5.11 Å². The van der Waals surface area contributed by atoms with Crippen LogP contribution in [0.25, 0.3) is 0 Å². The van der Waals surface area contributed by atoms with Crippen molar-refractivity contribution in [2.75, 3.05) is 0 Å². The van der Waals surface area contributed by atoms with E-state index in [1.165, 1.54) is 0 Å². The molecule has 1 rings (SSSR count). The standard InChI is InChI=1S/C6H7NO3/c1-2-3-4-5(8)10-6(9)7-4/h2,8H,1,3H2,(H,7,9). The number of aromatic hydroxyl groups is 1. The Hall–Kier alpha value is -1.45. The number of hydrogen-bond donors (Lipinski definition) is 2. The van der Waals surface area contributed by atoms with Crippen molar-refractivity contribution in [1.82, 2.24) is 4.98 Å². The van der Waals surface area contributed by atoms with Gasteiger partial charge in [-0.1, -0.05) is 6.08 Å². The first-order chi connectivity index (χ1) is 4.74. The van der Waals surface area contributed by atoms with Gasteiger partial charge in [-0.05, 0) is 0 Å². The molecule has 54 valence electrons. The van der Waals surface area contributed by atoms with Crippen molar-refractivity contribution in [3.63, 3.8) is 0 Å². The lowest BCUT2D eigenvalue weighted by molar-refractivity contribution is 0.316. The van der Waals surface area contributed by atoms with Crippen molar-refractivity contribution >= 4 is 0 Å². The minimum atomic E-state index is -0.644. The van der Waals surface area contributed by atoms with Gasteiger partial charge in [0.15, 0.2) is 0 Å². The molecule has 4 heteroatoms. The van der Waals surface area contributed by atoms with Crippen LogP contribution in [0.4, 0.5) is 0 Å². The van der Waals surface area contributed by atoms with E-state index in [9.17, 15) is 4.79 Å². The third-order valence-corrected chi connectivity index (χ3v) is 1.05. The highest BCUT2D eigenvalue weighted by Gasteiger charge is 2.04. The van der Waals surface area contributed by atoms with Gasteiger partial charge in [-0.3, -0.25) is 4.98 Å². The predicted molar refractivity (Wildman–Crippen MR) is 34.9 cm³/mol. The van der Waals surface area contributed by atoms with Crippen LogP contribution in [-0.4, -0.2) is 10.1 Å². The number of allylic oxidation sites excluding steroid dienone is 1. The zero-order chi connectivity index (χ0) is 7.56. The number of H-pyrrole nitrogens is 1. The number of nitrogens with one attached hydrogen (secondary N) is 1. The predicted octanol–water partition coefficient (Wildman–Crippen LogP) is 0.402. The SMILES string of the molecule is C=CCc1[nH]c(=O)oc1O. The second-order valence-electron chi connectivity index (χ2n) is 1.79. The Labute approximate surface area is 56.8 Å². The third kappa shape index (κ3) is 1.10. The maximum atomic E-state index is 10.4. The van der Waals surface area contributed by atoms with Gasteiger partial charge in [0.1, 0.15) is 5.69 Å². The van der Waals surface area contributed by atoms with E-state index in [2.05, 4.69) is 16.0 Å². The average molecular weight is 141 g/mol. The van der Waals surface area contributed by atoms with Crippen LogP contribution in [0.15, 0.2) is 21.9 Å². The normalized spacial score (nSPS) is 9.60. The first-order valence-corrected chi connectivity index (χ1v) is 2.76. The molecular weight excluding hydrogens is 134 g/mol. The van der Waals surface area contributed by atoms with Crippen LogP contribution in [0.3, 0.4) is 0 Å². The molecule has 0 saturated carbocycles. The molecule has 1 aromatic rings. The lowest BCUT2D eigenvalue weighted by Gasteiger charge is -1.85. The van der Waals surface area contributed by atoms with Gasteiger partial charge in [0.2, 0.25) is 0 Å². The molecule has 0 unspecified atom stereocenters.